The molecule has 0 aliphatic carbocycles. The molecule has 2 N–H and O–H groups in total. The van der Waals surface area contributed by atoms with Crippen molar-refractivity contribution in [2.24, 2.45) is 0 Å². The maximum Gasteiger partial charge on any atom is 0.325 e. The van der Waals surface area contributed by atoms with Gasteiger partial charge in [-0.15, -0.1) is 0 Å². The first-order valence-corrected chi connectivity index (χ1v) is 11.5. The molecule has 0 radical (unpaired) electrons. The predicted molar refractivity (Wildman–Crippen MR) is 122 cm³/mol. The summed E-state index contributed by atoms with van der Waals surface area (Å²) < 4.78 is 6.06. The van der Waals surface area contributed by atoms with Gasteiger partial charge in [0.1, 0.15) is 11.9 Å². The Labute approximate surface area is 188 Å². The highest BCUT2D eigenvalue weighted by molar-refractivity contribution is 6.31. The topological polar surface area (TPSA) is 74.7 Å². The van der Waals surface area contributed by atoms with Crippen LogP contribution in [0, 0.1) is 0 Å². The maximum atomic E-state index is 11.9. The summed E-state index contributed by atoms with van der Waals surface area (Å²) in [5.41, 5.74) is 3.09. The number of carboxylic acids is 1. The van der Waals surface area contributed by atoms with Gasteiger partial charge in [0.15, 0.2) is 0 Å². The van der Waals surface area contributed by atoms with Gasteiger partial charge in [-0.3, -0.25) is 9.69 Å². The van der Waals surface area contributed by atoms with E-state index in [2.05, 4.69) is 17.4 Å². The van der Waals surface area contributed by atoms with E-state index in [1.165, 1.54) is 12.0 Å². The molecule has 0 amide bonds. The van der Waals surface area contributed by atoms with Crippen molar-refractivity contribution in [1.29, 1.82) is 0 Å². The van der Waals surface area contributed by atoms with Gasteiger partial charge >= 0.3 is 5.97 Å². The van der Waals surface area contributed by atoms with Gasteiger partial charge in [0, 0.05) is 37.0 Å². The second kappa shape index (κ2) is 10.4. The van der Waals surface area contributed by atoms with Gasteiger partial charge in [0.25, 0.3) is 0 Å². The Balaban J connectivity index is 1.21. The van der Waals surface area contributed by atoms with Crippen LogP contribution in [0.15, 0.2) is 36.4 Å². The van der Waals surface area contributed by atoms with Crippen molar-refractivity contribution >= 4 is 23.4 Å². The normalized spacial score (nSPS) is 19.6. The van der Waals surface area contributed by atoms with E-state index >= 15 is 0 Å². The zero-order chi connectivity index (χ0) is 21.6. The third-order valence-electron chi connectivity index (χ3n) is 6.11. The summed E-state index contributed by atoms with van der Waals surface area (Å²) in [4.78, 5) is 18.6. The Bertz CT molecular complexity index is 907. The van der Waals surface area contributed by atoms with Gasteiger partial charge in [0.05, 0.1) is 6.10 Å². The molecule has 4 rings (SSSR count). The molecule has 1 fully saturated rings. The van der Waals surface area contributed by atoms with Crippen LogP contribution in [-0.4, -0.2) is 53.3 Å². The number of benzene rings is 1. The van der Waals surface area contributed by atoms with Crippen LogP contribution in [0.25, 0.3) is 0 Å². The highest BCUT2D eigenvalue weighted by Gasteiger charge is 2.34. The van der Waals surface area contributed by atoms with Crippen LogP contribution >= 0.6 is 11.6 Å². The number of hydrogen-bond donors (Lipinski definition) is 2. The number of rotatable bonds is 9. The monoisotopic (exact) mass is 443 g/mol. The van der Waals surface area contributed by atoms with Crippen LogP contribution in [0.5, 0.6) is 0 Å². The van der Waals surface area contributed by atoms with Gasteiger partial charge in [-0.2, -0.15) is 0 Å². The summed E-state index contributed by atoms with van der Waals surface area (Å²) in [6.45, 7) is 3.00. The number of aryl methyl sites for hydroxylation is 2. The summed E-state index contributed by atoms with van der Waals surface area (Å²) in [5.74, 6) is 0.179. The highest BCUT2D eigenvalue weighted by Crippen LogP contribution is 2.31. The van der Waals surface area contributed by atoms with Crippen molar-refractivity contribution in [3.8, 4) is 0 Å². The number of aliphatic carboxylic acids is 1. The van der Waals surface area contributed by atoms with Crippen molar-refractivity contribution in [3.05, 3.63) is 58.2 Å². The van der Waals surface area contributed by atoms with Gasteiger partial charge in [0.2, 0.25) is 0 Å². The number of anilines is 1. The summed E-state index contributed by atoms with van der Waals surface area (Å²) in [6.07, 6.45) is 6.14. The molecule has 7 heteroatoms. The molecule has 3 heterocycles. The number of fused-ring (bicyclic) bond motifs is 1. The van der Waals surface area contributed by atoms with Crippen molar-refractivity contribution in [1.82, 2.24) is 9.88 Å². The number of carbonyl (C=O) groups is 1. The molecular formula is C24H30ClN3O3. The second-order valence-corrected chi connectivity index (χ2v) is 8.74. The number of pyridine rings is 1. The first-order valence-electron chi connectivity index (χ1n) is 11.2. The van der Waals surface area contributed by atoms with Crippen LogP contribution in [0.3, 0.4) is 0 Å². The minimum absolute atomic E-state index is 0.0652. The van der Waals surface area contributed by atoms with Crippen molar-refractivity contribution < 1.29 is 14.6 Å². The summed E-state index contributed by atoms with van der Waals surface area (Å²) in [6, 6.07) is 10.8. The lowest BCUT2D eigenvalue weighted by Gasteiger charge is -2.25. The average molecular weight is 444 g/mol. The lowest BCUT2D eigenvalue weighted by Crippen LogP contribution is -2.33. The standard InChI is InChI=1S/C24H30ClN3O3/c25-21-9-2-1-8-20(21)22(24(29)30)28-14-12-19(16-28)31-15-4-3-7-18-11-10-17-6-5-13-26-23(17)27-18/h1-2,8-11,19,22H,3-7,12-16H2,(H,26,27)(H,29,30)/t19-,22-/m1/s1. The lowest BCUT2D eigenvalue weighted by molar-refractivity contribution is -0.143. The minimum atomic E-state index is -0.874. The molecule has 2 aromatic rings. The smallest absolute Gasteiger partial charge is 0.325 e. The first kappa shape index (κ1) is 22.1. The molecule has 1 aromatic heterocycles. The fourth-order valence-corrected chi connectivity index (χ4v) is 4.71. The van der Waals surface area contributed by atoms with Gasteiger partial charge in [-0.05, 0) is 61.8 Å². The molecule has 166 valence electrons. The van der Waals surface area contributed by atoms with E-state index < -0.39 is 12.0 Å². The molecule has 2 atom stereocenters. The van der Waals surface area contributed by atoms with Crippen LogP contribution in [0.1, 0.15) is 48.5 Å². The van der Waals surface area contributed by atoms with Crippen LogP contribution in [0.2, 0.25) is 5.02 Å². The number of hydrogen-bond acceptors (Lipinski definition) is 5. The SMILES string of the molecule is O=C(O)[C@@H](c1ccccc1Cl)N1CC[C@@H](OCCCCc2ccc3c(n2)NCCC3)C1. The Kier molecular flexibility index (Phi) is 7.43. The molecule has 1 aromatic carbocycles. The van der Waals surface area contributed by atoms with Crippen LogP contribution in [-0.2, 0) is 22.4 Å². The zero-order valence-corrected chi connectivity index (χ0v) is 18.5. The lowest BCUT2D eigenvalue weighted by atomic mass is 10.1. The molecule has 0 unspecified atom stereocenters. The first-order chi connectivity index (χ1) is 15.1. The number of ether oxygens (including phenoxy) is 1. The fraction of sp³-hybridized carbons (Fsp3) is 0.500. The van der Waals surface area contributed by atoms with Gasteiger partial charge in [-0.25, -0.2) is 4.98 Å². The Morgan fingerprint density at radius 1 is 1.29 bits per heavy atom. The van der Waals surface area contributed by atoms with Crippen molar-refractivity contribution in [3.63, 3.8) is 0 Å². The number of likely N-dealkylation sites (tertiary alicyclic amines) is 1. The Morgan fingerprint density at radius 2 is 2.16 bits per heavy atom. The quantitative estimate of drug-likeness (QED) is 0.562. The molecule has 6 nitrogen and oxygen atoms in total. The number of nitrogens with one attached hydrogen (secondary N) is 1. The van der Waals surface area contributed by atoms with E-state index in [4.69, 9.17) is 21.3 Å². The van der Waals surface area contributed by atoms with E-state index in [-0.39, 0.29) is 6.10 Å². The number of halogens is 1. The molecular weight excluding hydrogens is 414 g/mol. The summed E-state index contributed by atoms with van der Waals surface area (Å²) in [7, 11) is 0. The molecule has 2 aliphatic rings. The molecule has 0 bridgehead atoms. The van der Waals surface area contributed by atoms with Crippen LogP contribution in [0.4, 0.5) is 5.82 Å². The van der Waals surface area contributed by atoms with E-state index in [9.17, 15) is 9.90 Å². The van der Waals surface area contributed by atoms with Crippen molar-refractivity contribution in [2.45, 2.75) is 50.7 Å². The summed E-state index contributed by atoms with van der Waals surface area (Å²) >= 11 is 6.26. The Morgan fingerprint density at radius 3 is 3.00 bits per heavy atom. The van der Waals surface area contributed by atoms with Crippen LogP contribution < -0.4 is 5.32 Å². The molecule has 2 aliphatic heterocycles. The van der Waals surface area contributed by atoms with Crippen molar-refractivity contribution in [2.75, 3.05) is 31.6 Å². The van der Waals surface area contributed by atoms with E-state index in [0.717, 1.165) is 50.2 Å². The zero-order valence-electron chi connectivity index (χ0n) is 17.7. The summed E-state index contributed by atoms with van der Waals surface area (Å²) in [5, 5.41) is 13.7. The van der Waals surface area contributed by atoms with E-state index in [0.29, 0.717) is 30.3 Å². The predicted octanol–water partition coefficient (Wildman–Crippen LogP) is 4.33. The molecule has 1 saturated heterocycles. The molecule has 31 heavy (non-hydrogen) atoms. The number of nitrogens with zero attached hydrogens (tertiary/aromatic N) is 2. The fourth-order valence-electron chi connectivity index (χ4n) is 4.47. The third-order valence-corrected chi connectivity index (χ3v) is 6.45. The molecule has 0 spiro atoms. The highest BCUT2D eigenvalue weighted by atomic mass is 35.5. The van der Waals surface area contributed by atoms with E-state index in [1.54, 1.807) is 12.1 Å². The third kappa shape index (κ3) is 5.56. The minimum Gasteiger partial charge on any atom is -0.480 e. The molecule has 0 saturated carbocycles. The van der Waals surface area contributed by atoms with Gasteiger partial charge in [-0.1, -0.05) is 35.9 Å². The number of carboxylic acid groups (broad SMARTS) is 1. The van der Waals surface area contributed by atoms with E-state index in [1.807, 2.05) is 17.0 Å². The number of unbranched alkanes of at least 4 members (excludes halogenated alkanes) is 1. The Hall–Kier alpha value is -2.15. The largest absolute Gasteiger partial charge is 0.480 e. The maximum absolute atomic E-state index is 11.9. The average Bonchev–Trinajstić information content (AvgIpc) is 3.23. The van der Waals surface area contributed by atoms with Gasteiger partial charge < -0.3 is 15.2 Å². The second-order valence-electron chi connectivity index (χ2n) is 8.34. The number of aromatic nitrogens is 1.